The molecule has 0 radical (unpaired) electrons. The quantitative estimate of drug-likeness (QED) is 0.783. The smallest absolute Gasteiger partial charge is 0.0352 e. The fourth-order valence-electron chi connectivity index (χ4n) is 4.00. The van der Waals surface area contributed by atoms with Crippen LogP contribution in [0.1, 0.15) is 56.3 Å². The van der Waals surface area contributed by atoms with Crippen molar-refractivity contribution in [3.63, 3.8) is 0 Å². The lowest BCUT2D eigenvalue weighted by atomic mass is 9.87. The van der Waals surface area contributed by atoms with Gasteiger partial charge in [0.2, 0.25) is 0 Å². The van der Waals surface area contributed by atoms with Gasteiger partial charge >= 0.3 is 0 Å². The van der Waals surface area contributed by atoms with Gasteiger partial charge in [0.25, 0.3) is 0 Å². The van der Waals surface area contributed by atoms with E-state index >= 15 is 0 Å². The predicted molar refractivity (Wildman–Crippen MR) is 91.8 cm³/mol. The summed E-state index contributed by atoms with van der Waals surface area (Å²) in [6.45, 7) is 7.92. The largest absolute Gasteiger partial charge is 0.310 e. The third-order valence-electron chi connectivity index (χ3n) is 4.98. The fraction of sp³-hybridized carbons (Fsp3) is 0.500. The van der Waals surface area contributed by atoms with Crippen LogP contribution in [-0.2, 0) is 12.8 Å². The SMILES string of the molecule is CCCC(C)C(NCC)c1ccc2c3c(cccc13)CC2. The maximum absolute atomic E-state index is 3.73. The van der Waals surface area contributed by atoms with Crippen molar-refractivity contribution >= 4 is 10.8 Å². The molecule has 0 saturated carbocycles. The van der Waals surface area contributed by atoms with Crippen molar-refractivity contribution in [3.8, 4) is 0 Å². The topological polar surface area (TPSA) is 12.0 Å². The van der Waals surface area contributed by atoms with Crippen LogP contribution in [0.5, 0.6) is 0 Å². The van der Waals surface area contributed by atoms with Crippen molar-refractivity contribution in [3.05, 3.63) is 47.0 Å². The van der Waals surface area contributed by atoms with E-state index < -0.39 is 0 Å². The summed E-state index contributed by atoms with van der Waals surface area (Å²) in [5.74, 6) is 0.674. The molecule has 2 aromatic rings. The van der Waals surface area contributed by atoms with Crippen LogP contribution in [-0.4, -0.2) is 6.54 Å². The first-order valence-electron chi connectivity index (χ1n) is 8.53. The maximum Gasteiger partial charge on any atom is 0.0352 e. The van der Waals surface area contributed by atoms with Crippen LogP contribution in [0.2, 0.25) is 0 Å². The van der Waals surface area contributed by atoms with Gasteiger partial charge in [-0.05, 0) is 59.2 Å². The van der Waals surface area contributed by atoms with Crippen molar-refractivity contribution in [2.45, 2.75) is 52.5 Å². The maximum atomic E-state index is 3.73. The van der Waals surface area contributed by atoms with Gasteiger partial charge in [0.1, 0.15) is 0 Å². The van der Waals surface area contributed by atoms with Crippen LogP contribution in [0.25, 0.3) is 10.8 Å². The van der Waals surface area contributed by atoms with Crippen LogP contribution >= 0.6 is 0 Å². The number of rotatable bonds is 6. The minimum absolute atomic E-state index is 0.472. The van der Waals surface area contributed by atoms with Crippen molar-refractivity contribution in [2.24, 2.45) is 5.92 Å². The summed E-state index contributed by atoms with van der Waals surface area (Å²) in [6.07, 6.45) is 4.96. The van der Waals surface area contributed by atoms with Crippen molar-refractivity contribution < 1.29 is 0 Å². The van der Waals surface area contributed by atoms with Gasteiger partial charge in [-0.3, -0.25) is 0 Å². The first-order chi connectivity index (χ1) is 10.3. The highest BCUT2D eigenvalue weighted by molar-refractivity contribution is 5.93. The van der Waals surface area contributed by atoms with Gasteiger partial charge in [-0.15, -0.1) is 0 Å². The Morgan fingerprint density at radius 2 is 1.81 bits per heavy atom. The molecule has 2 aromatic carbocycles. The molecule has 1 aliphatic carbocycles. The number of benzene rings is 2. The molecule has 0 aliphatic heterocycles. The molecule has 1 N–H and O–H groups in total. The summed E-state index contributed by atoms with van der Waals surface area (Å²) in [6, 6.07) is 12.1. The van der Waals surface area contributed by atoms with E-state index in [9.17, 15) is 0 Å². The Labute approximate surface area is 128 Å². The molecular weight excluding hydrogens is 254 g/mol. The second-order valence-electron chi connectivity index (χ2n) is 6.45. The number of nitrogens with one attached hydrogen (secondary N) is 1. The third-order valence-corrected chi connectivity index (χ3v) is 4.98. The minimum atomic E-state index is 0.472. The molecule has 21 heavy (non-hydrogen) atoms. The van der Waals surface area contributed by atoms with E-state index in [-0.39, 0.29) is 0 Å². The van der Waals surface area contributed by atoms with E-state index in [1.165, 1.54) is 36.6 Å². The molecule has 0 bridgehead atoms. The Bertz CT molecular complexity index is 619. The molecule has 1 nitrogen and oxygen atoms in total. The van der Waals surface area contributed by atoms with Gasteiger partial charge < -0.3 is 5.32 Å². The Balaban J connectivity index is 2.10. The lowest BCUT2D eigenvalue weighted by Gasteiger charge is -2.26. The molecule has 0 spiro atoms. The zero-order valence-corrected chi connectivity index (χ0v) is 13.6. The number of hydrogen-bond donors (Lipinski definition) is 1. The van der Waals surface area contributed by atoms with Crippen molar-refractivity contribution in [1.29, 1.82) is 0 Å². The highest BCUT2D eigenvalue weighted by Crippen LogP contribution is 2.37. The van der Waals surface area contributed by atoms with Crippen LogP contribution in [0, 0.1) is 5.92 Å². The molecule has 112 valence electrons. The molecule has 0 fully saturated rings. The van der Waals surface area contributed by atoms with Gasteiger partial charge in [0, 0.05) is 6.04 Å². The molecule has 0 amide bonds. The first kappa shape index (κ1) is 14.6. The summed E-state index contributed by atoms with van der Waals surface area (Å²) < 4.78 is 0. The van der Waals surface area contributed by atoms with Gasteiger partial charge in [0.15, 0.2) is 0 Å². The molecular formula is C20H27N. The lowest BCUT2D eigenvalue weighted by molar-refractivity contribution is 0.371. The van der Waals surface area contributed by atoms with Crippen LogP contribution < -0.4 is 5.32 Å². The predicted octanol–water partition coefficient (Wildman–Crippen LogP) is 5.03. The lowest BCUT2D eigenvalue weighted by Crippen LogP contribution is -2.27. The Morgan fingerprint density at radius 3 is 2.52 bits per heavy atom. The third kappa shape index (κ3) is 2.60. The first-order valence-corrected chi connectivity index (χ1v) is 8.53. The molecule has 0 heterocycles. The normalized spacial score (nSPS) is 16.3. The summed E-state index contributed by atoms with van der Waals surface area (Å²) >= 11 is 0. The van der Waals surface area contributed by atoms with Gasteiger partial charge in [0.05, 0.1) is 0 Å². The highest BCUT2D eigenvalue weighted by Gasteiger charge is 2.23. The summed E-state index contributed by atoms with van der Waals surface area (Å²) in [5.41, 5.74) is 4.59. The van der Waals surface area contributed by atoms with E-state index in [0.29, 0.717) is 12.0 Å². The zero-order valence-electron chi connectivity index (χ0n) is 13.6. The Hall–Kier alpha value is -1.34. The summed E-state index contributed by atoms with van der Waals surface area (Å²) in [4.78, 5) is 0. The summed E-state index contributed by atoms with van der Waals surface area (Å²) in [5, 5.41) is 6.76. The fourth-order valence-corrected chi connectivity index (χ4v) is 4.00. The number of hydrogen-bond acceptors (Lipinski definition) is 1. The number of aryl methyl sites for hydroxylation is 2. The molecule has 2 unspecified atom stereocenters. The summed E-state index contributed by atoms with van der Waals surface area (Å²) in [7, 11) is 0. The Morgan fingerprint density at radius 1 is 1.05 bits per heavy atom. The second kappa shape index (κ2) is 6.19. The van der Waals surface area contributed by atoms with E-state index in [0.717, 1.165) is 6.54 Å². The average molecular weight is 281 g/mol. The monoisotopic (exact) mass is 281 g/mol. The van der Waals surface area contributed by atoms with E-state index in [2.05, 4.69) is 56.4 Å². The molecule has 1 heteroatoms. The average Bonchev–Trinajstić information content (AvgIpc) is 2.91. The van der Waals surface area contributed by atoms with Crippen LogP contribution in [0.4, 0.5) is 0 Å². The van der Waals surface area contributed by atoms with Gasteiger partial charge in [-0.25, -0.2) is 0 Å². The highest BCUT2D eigenvalue weighted by atomic mass is 14.9. The van der Waals surface area contributed by atoms with Crippen LogP contribution in [0.15, 0.2) is 30.3 Å². The molecule has 1 aliphatic rings. The van der Waals surface area contributed by atoms with E-state index in [1.807, 2.05) is 0 Å². The van der Waals surface area contributed by atoms with E-state index in [1.54, 1.807) is 16.5 Å². The molecule has 0 aromatic heterocycles. The minimum Gasteiger partial charge on any atom is -0.310 e. The van der Waals surface area contributed by atoms with Gasteiger partial charge in [-0.1, -0.05) is 57.5 Å². The van der Waals surface area contributed by atoms with Crippen LogP contribution in [0.3, 0.4) is 0 Å². The van der Waals surface area contributed by atoms with E-state index in [4.69, 9.17) is 0 Å². The Kier molecular flexibility index (Phi) is 4.30. The van der Waals surface area contributed by atoms with Crippen molar-refractivity contribution in [2.75, 3.05) is 6.54 Å². The van der Waals surface area contributed by atoms with Gasteiger partial charge in [-0.2, -0.15) is 0 Å². The molecule has 0 saturated heterocycles. The zero-order chi connectivity index (χ0) is 14.8. The standard InChI is InChI=1S/C20H27N/c1-4-7-14(3)20(21-5-2)18-13-12-16-11-10-15-8-6-9-17(18)19(15)16/h6,8-9,12-14,20-21H,4-5,7,10-11H2,1-3H3. The van der Waals surface area contributed by atoms with Crippen molar-refractivity contribution in [1.82, 2.24) is 5.32 Å². The molecule has 3 rings (SSSR count). The molecule has 2 atom stereocenters. The second-order valence-corrected chi connectivity index (χ2v) is 6.45.